The number of primary amides is 1. The number of rotatable bonds is 8. The minimum atomic E-state index is -3.77. The van der Waals surface area contributed by atoms with Gasteiger partial charge >= 0.3 is 0 Å². The van der Waals surface area contributed by atoms with Crippen molar-refractivity contribution in [3.63, 3.8) is 0 Å². The molecule has 156 valence electrons. The first-order valence-corrected chi connectivity index (χ1v) is 11.2. The fourth-order valence-electron chi connectivity index (χ4n) is 2.68. The molecule has 1 fully saturated rings. The van der Waals surface area contributed by atoms with Gasteiger partial charge in [-0.25, -0.2) is 8.42 Å². The monoisotopic (exact) mass is 439 g/mol. The van der Waals surface area contributed by atoms with E-state index < -0.39 is 21.8 Å². The van der Waals surface area contributed by atoms with Crippen LogP contribution in [-0.2, 0) is 19.6 Å². The summed E-state index contributed by atoms with van der Waals surface area (Å²) in [6.45, 7) is 1.35. The smallest absolute Gasteiger partial charge is 0.267 e. The Bertz CT molecular complexity index is 966. The molecule has 1 aromatic carbocycles. The van der Waals surface area contributed by atoms with Crippen LogP contribution in [0, 0.1) is 0 Å². The zero-order valence-corrected chi connectivity index (χ0v) is 17.1. The fraction of sp³-hybridized carbons (Fsp3) is 0.333. The van der Waals surface area contributed by atoms with E-state index in [1.165, 1.54) is 10.4 Å². The van der Waals surface area contributed by atoms with E-state index in [2.05, 4.69) is 5.32 Å². The highest BCUT2D eigenvalue weighted by atomic mass is 32.2. The molecule has 3 rings (SSSR count). The molecule has 1 aliphatic rings. The molecular weight excluding hydrogens is 418 g/mol. The van der Waals surface area contributed by atoms with Gasteiger partial charge in [0.2, 0.25) is 15.9 Å². The van der Waals surface area contributed by atoms with Gasteiger partial charge in [0.1, 0.15) is 15.5 Å². The predicted molar refractivity (Wildman–Crippen MR) is 108 cm³/mol. The Morgan fingerprint density at radius 1 is 1.17 bits per heavy atom. The lowest BCUT2D eigenvalue weighted by Gasteiger charge is -2.26. The molecule has 29 heavy (non-hydrogen) atoms. The van der Waals surface area contributed by atoms with Crippen LogP contribution in [0.4, 0.5) is 5.69 Å². The maximum absolute atomic E-state index is 12.9. The van der Waals surface area contributed by atoms with E-state index in [0.29, 0.717) is 24.7 Å². The number of nitrogens with one attached hydrogen (secondary N) is 1. The van der Waals surface area contributed by atoms with Crippen molar-refractivity contribution in [2.75, 3.05) is 38.2 Å². The second kappa shape index (κ2) is 9.35. The molecule has 3 N–H and O–H groups in total. The van der Waals surface area contributed by atoms with Gasteiger partial charge in [0.15, 0.2) is 0 Å². The van der Waals surface area contributed by atoms with Crippen molar-refractivity contribution in [2.24, 2.45) is 5.73 Å². The summed E-state index contributed by atoms with van der Waals surface area (Å²) in [5, 5.41) is 4.28. The van der Waals surface area contributed by atoms with E-state index >= 15 is 0 Å². The number of ether oxygens (including phenoxy) is 2. The Balaban J connectivity index is 1.67. The number of hydrogen-bond donors (Lipinski definition) is 2. The second-order valence-corrected chi connectivity index (χ2v) is 9.00. The molecule has 1 aliphatic heterocycles. The molecule has 11 heteroatoms. The lowest BCUT2D eigenvalue weighted by atomic mass is 10.3. The molecule has 1 saturated heterocycles. The highest BCUT2D eigenvalue weighted by molar-refractivity contribution is 7.89. The van der Waals surface area contributed by atoms with Gasteiger partial charge in [-0.3, -0.25) is 9.59 Å². The van der Waals surface area contributed by atoms with Crippen molar-refractivity contribution in [3.05, 3.63) is 40.6 Å². The summed E-state index contributed by atoms with van der Waals surface area (Å²) in [6, 6.07) is 7.97. The summed E-state index contributed by atoms with van der Waals surface area (Å²) >= 11 is 1.07. The van der Waals surface area contributed by atoms with Gasteiger partial charge in [0, 0.05) is 18.8 Å². The lowest BCUT2D eigenvalue weighted by Crippen LogP contribution is -2.41. The number of sulfonamides is 1. The minimum absolute atomic E-state index is 0.00620. The molecular formula is C18H21N3O6S2. The zero-order chi connectivity index (χ0) is 20.9. The first-order chi connectivity index (χ1) is 13.9. The Labute approximate surface area is 172 Å². The zero-order valence-electron chi connectivity index (χ0n) is 15.5. The third-order valence-corrected chi connectivity index (χ3v) is 7.14. The van der Waals surface area contributed by atoms with Crippen LogP contribution in [-0.4, -0.2) is 57.4 Å². The summed E-state index contributed by atoms with van der Waals surface area (Å²) < 4.78 is 37.6. The summed E-state index contributed by atoms with van der Waals surface area (Å²) in [4.78, 5) is 23.5. The van der Waals surface area contributed by atoms with Crippen molar-refractivity contribution in [1.29, 1.82) is 0 Å². The number of morpholine rings is 1. The standard InChI is InChI=1S/C18H21N3O6S2/c19-16(22)5-9-27-14-3-1-13(2-4-14)20-18(23)17-15(6-12-28-17)29(24,25)21-7-10-26-11-8-21/h1-4,6,12H,5,7-11H2,(H2,19,22)(H,20,23). The predicted octanol–water partition coefficient (Wildman–Crippen LogP) is 1.28. The SMILES string of the molecule is NC(=O)CCOc1ccc(NC(=O)c2sccc2S(=O)(=O)N2CCOCC2)cc1. The van der Waals surface area contributed by atoms with Crippen molar-refractivity contribution < 1.29 is 27.5 Å². The van der Waals surface area contributed by atoms with Crippen molar-refractivity contribution in [3.8, 4) is 5.75 Å². The van der Waals surface area contributed by atoms with E-state index in [0.717, 1.165) is 11.3 Å². The molecule has 2 aromatic rings. The van der Waals surface area contributed by atoms with Crippen LogP contribution >= 0.6 is 11.3 Å². The van der Waals surface area contributed by atoms with Crippen molar-refractivity contribution >= 4 is 38.9 Å². The molecule has 2 heterocycles. The second-order valence-electron chi connectivity index (χ2n) is 6.17. The van der Waals surface area contributed by atoms with Crippen molar-refractivity contribution in [2.45, 2.75) is 11.3 Å². The normalized spacial score (nSPS) is 15.0. The fourth-order valence-corrected chi connectivity index (χ4v) is 5.39. The largest absolute Gasteiger partial charge is 0.493 e. The van der Waals surface area contributed by atoms with Crippen LogP contribution in [0.5, 0.6) is 5.75 Å². The van der Waals surface area contributed by atoms with Crippen LogP contribution in [0.25, 0.3) is 0 Å². The maximum atomic E-state index is 12.9. The molecule has 0 unspecified atom stereocenters. The highest BCUT2D eigenvalue weighted by Gasteiger charge is 2.31. The minimum Gasteiger partial charge on any atom is -0.493 e. The molecule has 0 atom stereocenters. The number of amides is 2. The Kier molecular flexibility index (Phi) is 6.85. The van der Waals surface area contributed by atoms with Crippen LogP contribution in [0.3, 0.4) is 0 Å². The molecule has 2 amide bonds. The van der Waals surface area contributed by atoms with Gasteiger partial charge in [0.25, 0.3) is 5.91 Å². The molecule has 0 spiro atoms. The van der Waals surface area contributed by atoms with E-state index in [9.17, 15) is 18.0 Å². The third-order valence-electron chi connectivity index (χ3n) is 4.15. The van der Waals surface area contributed by atoms with Gasteiger partial charge in [-0.1, -0.05) is 0 Å². The number of nitrogens with two attached hydrogens (primary N) is 1. The van der Waals surface area contributed by atoms with Crippen LogP contribution in [0.1, 0.15) is 16.1 Å². The Hall–Kier alpha value is -2.47. The van der Waals surface area contributed by atoms with Crippen molar-refractivity contribution in [1.82, 2.24) is 4.31 Å². The molecule has 1 aromatic heterocycles. The average molecular weight is 440 g/mol. The van der Waals surface area contributed by atoms with E-state index in [-0.39, 0.29) is 35.9 Å². The summed E-state index contributed by atoms with van der Waals surface area (Å²) in [7, 11) is -3.77. The van der Waals surface area contributed by atoms with Crippen LogP contribution < -0.4 is 15.8 Å². The molecule has 0 aliphatic carbocycles. The van der Waals surface area contributed by atoms with E-state index in [1.807, 2.05) is 0 Å². The van der Waals surface area contributed by atoms with E-state index in [1.54, 1.807) is 29.6 Å². The Morgan fingerprint density at radius 2 is 1.86 bits per heavy atom. The van der Waals surface area contributed by atoms with Gasteiger partial charge in [0.05, 0.1) is 26.2 Å². The summed E-state index contributed by atoms with van der Waals surface area (Å²) in [5.41, 5.74) is 5.54. The topological polar surface area (TPSA) is 128 Å². The number of anilines is 1. The first kappa shape index (κ1) is 21.2. The van der Waals surface area contributed by atoms with Gasteiger partial charge in [-0.05, 0) is 35.7 Å². The maximum Gasteiger partial charge on any atom is 0.267 e. The average Bonchev–Trinajstić information content (AvgIpc) is 3.21. The highest BCUT2D eigenvalue weighted by Crippen LogP contribution is 2.27. The Morgan fingerprint density at radius 3 is 2.52 bits per heavy atom. The van der Waals surface area contributed by atoms with Gasteiger partial charge in [-0.2, -0.15) is 4.31 Å². The number of carbonyl (C=O) groups is 2. The first-order valence-electron chi connectivity index (χ1n) is 8.86. The molecule has 9 nitrogen and oxygen atoms in total. The number of benzene rings is 1. The number of nitrogens with zero attached hydrogens (tertiary/aromatic N) is 1. The summed E-state index contributed by atoms with van der Waals surface area (Å²) in [5.74, 6) is -0.433. The van der Waals surface area contributed by atoms with Gasteiger partial charge < -0.3 is 20.5 Å². The van der Waals surface area contributed by atoms with Gasteiger partial charge in [-0.15, -0.1) is 11.3 Å². The molecule has 0 radical (unpaired) electrons. The third kappa shape index (κ3) is 5.32. The number of carbonyl (C=O) groups excluding carboxylic acids is 2. The quantitative estimate of drug-likeness (QED) is 0.638. The lowest BCUT2D eigenvalue weighted by molar-refractivity contribution is -0.118. The van der Waals surface area contributed by atoms with Crippen LogP contribution in [0.15, 0.2) is 40.6 Å². The van der Waals surface area contributed by atoms with Crippen LogP contribution in [0.2, 0.25) is 0 Å². The number of thiophene rings is 1. The summed E-state index contributed by atoms with van der Waals surface area (Å²) in [6.07, 6.45) is 0.108. The molecule has 0 bridgehead atoms. The molecule has 0 saturated carbocycles. The number of hydrogen-bond acceptors (Lipinski definition) is 7. The van der Waals surface area contributed by atoms with E-state index in [4.69, 9.17) is 15.2 Å².